The molecule has 6 nitrogen and oxygen atoms in total. The Kier molecular flexibility index (Phi) is 4.71. The number of rotatable bonds is 6. The van der Waals surface area contributed by atoms with Crippen LogP contribution in [-0.2, 0) is 6.54 Å². The average molecular weight is 289 g/mol. The number of nitrogen functional groups attached to an aromatic ring is 1. The molecule has 0 unspecified atom stereocenters. The number of hydrogen-bond acceptors (Lipinski definition) is 6. The van der Waals surface area contributed by atoms with Crippen molar-refractivity contribution in [3.8, 4) is 17.4 Å². The molecular weight excluding hydrogens is 270 g/mol. The topological polar surface area (TPSA) is 78.6 Å². The number of hydrogen-bond donors (Lipinski definition) is 2. The van der Waals surface area contributed by atoms with Gasteiger partial charge in [-0.25, -0.2) is 0 Å². The number of nitrogens with one attached hydrogen (secondary N) is 1. The maximum absolute atomic E-state index is 5.88. The van der Waals surface area contributed by atoms with Crippen molar-refractivity contribution >= 4 is 11.5 Å². The lowest BCUT2D eigenvalue weighted by atomic mass is 10.2. The van der Waals surface area contributed by atoms with Crippen molar-refractivity contribution in [1.82, 2.24) is 4.98 Å². The molecule has 0 amide bonds. The first-order valence-electron chi connectivity index (χ1n) is 6.43. The second-order valence-corrected chi connectivity index (χ2v) is 4.33. The van der Waals surface area contributed by atoms with Gasteiger partial charge in [0, 0.05) is 12.6 Å². The van der Waals surface area contributed by atoms with Crippen LogP contribution < -0.4 is 25.3 Å². The predicted molar refractivity (Wildman–Crippen MR) is 82.1 cm³/mol. The minimum atomic E-state index is 0.513. The van der Waals surface area contributed by atoms with Gasteiger partial charge in [-0.1, -0.05) is 6.07 Å². The molecule has 0 saturated carbocycles. The Balaban J connectivity index is 2.13. The highest BCUT2D eigenvalue weighted by atomic mass is 16.5. The summed E-state index contributed by atoms with van der Waals surface area (Å²) in [4.78, 5) is 4.27. The van der Waals surface area contributed by atoms with Crippen molar-refractivity contribution in [3.05, 3.63) is 35.9 Å². The average Bonchev–Trinajstić information content (AvgIpc) is 2.53. The number of nitrogens with two attached hydrogens (primary N) is 1. The first kappa shape index (κ1) is 14.8. The Labute approximate surface area is 123 Å². The van der Waals surface area contributed by atoms with Crippen LogP contribution in [-0.4, -0.2) is 26.3 Å². The highest BCUT2D eigenvalue weighted by molar-refractivity contribution is 5.62. The molecule has 0 bridgehead atoms. The standard InChI is InChI=1S/C15H19N3O3/c1-19-12-6-4-10(8-13(12)20-2)9-17-15-11(16)5-7-14(18-15)21-3/h4-8H,9,16H2,1-3H3,(H,17,18). The fourth-order valence-electron chi connectivity index (χ4n) is 1.88. The number of methoxy groups -OCH3 is 3. The number of benzene rings is 1. The van der Waals surface area contributed by atoms with E-state index in [1.54, 1.807) is 33.5 Å². The molecule has 0 spiro atoms. The Bertz CT molecular complexity index is 617. The van der Waals surface area contributed by atoms with Crippen LogP contribution in [0.3, 0.4) is 0 Å². The molecule has 1 aromatic heterocycles. The molecule has 0 atom stereocenters. The van der Waals surface area contributed by atoms with Crippen LogP contribution in [0.15, 0.2) is 30.3 Å². The molecule has 2 aromatic rings. The molecular formula is C15H19N3O3. The zero-order valence-electron chi connectivity index (χ0n) is 12.3. The highest BCUT2D eigenvalue weighted by Gasteiger charge is 2.06. The van der Waals surface area contributed by atoms with E-state index in [4.69, 9.17) is 19.9 Å². The molecule has 0 aliphatic rings. The SMILES string of the molecule is COc1ccc(N)c(NCc2ccc(OC)c(OC)c2)n1. The summed E-state index contributed by atoms with van der Waals surface area (Å²) in [5, 5.41) is 3.18. The van der Waals surface area contributed by atoms with Crippen molar-refractivity contribution in [2.45, 2.75) is 6.54 Å². The van der Waals surface area contributed by atoms with Gasteiger partial charge in [0.05, 0.1) is 27.0 Å². The molecule has 3 N–H and O–H groups in total. The van der Waals surface area contributed by atoms with Crippen LogP contribution >= 0.6 is 0 Å². The van der Waals surface area contributed by atoms with E-state index < -0.39 is 0 Å². The first-order valence-corrected chi connectivity index (χ1v) is 6.43. The third-order valence-corrected chi connectivity index (χ3v) is 3.02. The third kappa shape index (κ3) is 3.47. The monoisotopic (exact) mass is 289 g/mol. The molecule has 21 heavy (non-hydrogen) atoms. The molecule has 1 heterocycles. The Hall–Kier alpha value is -2.63. The van der Waals surface area contributed by atoms with Crippen LogP contribution in [0.1, 0.15) is 5.56 Å². The maximum atomic E-state index is 5.88. The van der Waals surface area contributed by atoms with Gasteiger partial charge in [0.25, 0.3) is 0 Å². The van der Waals surface area contributed by atoms with Crippen molar-refractivity contribution in [1.29, 1.82) is 0 Å². The van der Waals surface area contributed by atoms with Gasteiger partial charge in [0.2, 0.25) is 5.88 Å². The summed E-state index contributed by atoms with van der Waals surface area (Å²) in [6, 6.07) is 9.19. The normalized spacial score (nSPS) is 10.0. The molecule has 0 saturated heterocycles. The minimum absolute atomic E-state index is 0.513. The smallest absolute Gasteiger partial charge is 0.215 e. The minimum Gasteiger partial charge on any atom is -0.493 e. The van der Waals surface area contributed by atoms with Crippen molar-refractivity contribution in [2.75, 3.05) is 32.4 Å². The predicted octanol–water partition coefficient (Wildman–Crippen LogP) is 2.30. The number of aromatic nitrogens is 1. The molecule has 2 rings (SSSR count). The van der Waals surface area contributed by atoms with Gasteiger partial charge in [-0.15, -0.1) is 0 Å². The molecule has 0 fully saturated rings. The fraction of sp³-hybridized carbons (Fsp3) is 0.267. The summed E-state index contributed by atoms with van der Waals surface area (Å²) >= 11 is 0. The lowest BCUT2D eigenvalue weighted by Gasteiger charge is -2.12. The first-order chi connectivity index (χ1) is 10.2. The zero-order valence-corrected chi connectivity index (χ0v) is 12.3. The second kappa shape index (κ2) is 6.69. The zero-order chi connectivity index (χ0) is 15.2. The lowest BCUT2D eigenvalue weighted by molar-refractivity contribution is 0.354. The van der Waals surface area contributed by atoms with Gasteiger partial charge in [0.1, 0.15) is 0 Å². The number of anilines is 2. The van der Waals surface area contributed by atoms with E-state index in [2.05, 4.69) is 10.3 Å². The van der Waals surface area contributed by atoms with Crippen molar-refractivity contribution in [3.63, 3.8) is 0 Å². The molecule has 0 aliphatic heterocycles. The summed E-state index contributed by atoms with van der Waals surface area (Å²) in [7, 11) is 4.78. The maximum Gasteiger partial charge on any atom is 0.215 e. The largest absolute Gasteiger partial charge is 0.493 e. The van der Waals surface area contributed by atoms with Gasteiger partial charge in [-0.3, -0.25) is 0 Å². The quantitative estimate of drug-likeness (QED) is 0.849. The summed E-state index contributed by atoms with van der Waals surface area (Å²) < 4.78 is 15.6. The Morgan fingerprint density at radius 3 is 2.43 bits per heavy atom. The molecule has 112 valence electrons. The van der Waals surface area contributed by atoms with E-state index in [1.165, 1.54) is 0 Å². The van der Waals surface area contributed by atoms with E-state index in [0.29, 0.717) is 35.4 Å². The second-order valence-electron chi connectivity index (χ2n) is 4.33. The lowest BCUT2D eigenvalue weighted by Crippen LogP contribution is -2.05. The molecule has 0 radical (unpaired) electrons. The molecule has 1 aromatic carbocycles. The van der Waals surface area contributed by atoms with Crippen LogP contribution in [0.5, 0.6) is 17.4 Å². The number of pyridine rings is 1. The van der Waals surface area contributed by atoms with Crippen LogP contribution in [0, 0.1) is 0 Å². The Morgan fingerprint density at radius 2 is 1.76 bits per heavy atom. The van der Waals surface area contributed by atoms with Crippen LogP contribution in [0.25, 0.3) is 0 Å². The van der Waals surface area contributed by atoms with E-state index in [1.807, 2.05) is 18.2 Å². The summed E-state index contributed by atoms with van der Waals surface area (Å²) in [5.41, 5.74) is 7.48. The number of ether oxygens (including phenoxy) is 3. The van der Waals surface area contributed by atoms with Gasteiger partial charge in [0.15, 0.2) is 17.3 Å². The molecule has 6 heteroatoms. The third-order valence-electron chi connectivity index (χ3n) is 3.02. The summed E-state index contributed by atoms with van der Waals surface area (Å²) in [6.45, 7) is 0.560. The van der Waals surface area contributed by atoms with E-state index >= 15 is 0 Å². The van der Waals surface area contributed by atoms with Crippen molar-refractivity contribution in [2.24, 2.45) is 0 Å². The van der Waals surface area contributed by atoms with E-state index in [-0.39, 0.29) is 0 Å². The van der Waals surface area contributed by atoms with Crippen LogP contribution in [0.4, 0.5) is 11.5 Å². The summed E-state index contributed by atoms with van der Waals surface area (Å²) in [5.74, 6) is 2.48. The fourth-order valence-corrected chi connectivity index (χ4v) is 1.88. The Morgan fingerprint density at radius 1 is 1.00 bits per heavy atom. The highest BCUT2D eigenvalue weighted by Crippen LogP contribution is 2.28. The van der Waals surface area contributed by atoms with Crippen LogP contribution in [0.2, 0.25) is 0 Å². The van der Waals surface area contributed by atoms with Gasteiger partial charge in [-0.05, 0) is 23.8 Å². The van der Waals surface area contributed by atoms with E-state index in [0.717, 1.165) is 5.56 Å². The van der Waals surface area contributed by atoms with Gasteiger partial charge in [-0.2, -0.15) is 4.98 Å². The van der Waals surface area contributed by atoms with Crippen molar-refractivity contribution < 1.29 is 14.2 Å². The van der Waals surface area contributed by atoms with Gasteiger partial charge >= 0.3 is 0 Å². The molecule has 0 aliphatic carbocycles. The van der Waals surface area contributed by atoms with E-state index in [9.17, 15) is 0 Å². The summed E-state index contributed by atoms with van der Waals surface area (Å²) in [6.07, 6.45) is 0. The van der Waals surface area contributed by atoms with Gasteiger partial charge < -0.3 is 25.3 Å². The number of nitrogens with zero attached hydrogens (tertiary/aromatic N) is 1.